The van der Waals surface area contributed by atoms with E-state index in [1.54, 1.807) is 24.5 Å². The fourth-order valence-corrected chi connectivity index (χ4v) is 1.28. The van der Waals surface area contributed by atoms with Crippen LogP contribution in [0.5, 0.6) is 11.5 Å². The van der Waals surface area contributed by atoms with E-state index in [2.05, 4.69) is 4.98 Å². The summed E-state index contributed by atoms with van der Waals surface area (Å²) in [5, 5.41) is 0. The van der Waals surface area contributed by atoms with Crippen LogP contribution >= 0.6 is 0 Å². The largest absolute Gasteiger partial charge is 0.455 e. The molecule has 15 heavy (non-hydrogen) atoms. The number of rotatable bonds is 2. The van der Waals surface area contributed by atoms with Crippen molar-refractivity contribution in [3.8, 4) is 11.5 Å². The topological polar surface area (TPSA) is 48.1 Å². The second-order valence-corrected chi connectivity index (χ2v) is 3.27. The van der Waals surface area contributed by atoms with Gasteiger partial charge in [-0.05, 0) is 30.7 Å². The van der Waals surface area contributed by atoms with Gasteiger partial charge in [0.1, 0.15) is 5.75 Å². The molecule has 0 atom stereocenters. The monoisotopic (exact) mass is 200 g/mol. The summed E-state index contributed by atoms with van der Waals surface area (Å²) < 4.78 is 5.62. The number of ether oxygens (including phenoxy) is 1. The van der Waals surface area contributed by atoms with Gasteiger partial charge in [-0.3, -0.25) is 4.98 Å². The molecule has 0 radical (unpaired) electrons. The number of aryl methyl sites for hydroxylation is 1. The molecule has 0 aliphatic rings. The molecule has 1 heterocycles. The molecule has 2 N–H and O–H groups in total. The maximum atomic E-state index is 5.89. The standard InChI is InChI=1S/C12H12N2O/c1-9-3-2-4-11(12(9)13)15-10-5-7-14-8-6-10/h2-8H,13H2,1H3. The van der Waals surface area contributed by atoms with E-state index >= 15 is 0 Å². The van der Waals surface area contributed by atoms with Gasteiger partial charge in [0.15, 0.2) is 5.75 Å². The van der Waals surface area contributed by atoms with E-state index in [1.165, 1.54) is 0 Å². The molecule has 1 aromatic heterocycles. The van der Waals surface area contributed by atoms with E-state index in [4.69, 9.17) is 10.5 Å². The van der Waals surface area contributed by atoms with Crippen molar-refractivity contribution < 1.29 is 4.74 Å². The minimum atomic E-state index is 0.675. The van der Waals surface area contributed by atoms with Crippen molar-refractivity contribution in [1.29, 1.82) is 0 Å². The Morgan fingerprint density at radius 1 is 1.13 bits per heavy atom. The van der Waals surface area contributed by atoms with Crippen molar-refractivity contribution in [2.24, 2.45) is 0 Å². The van der Waals surface area contributed by atoms with Gasteiger partial charge < -0.3 is 10.5 Å². The van der Waals surface area contributed by atoms with Gasteiger partial charge in [-0.25, -0.2) is 0 Å². The van der Waals surface area contributed by atoms with Gasteiger partial charge in [0.2, 0.25) is 0 Å². The molecule has 0 saturated heterocycles. The summed E-state index contributed by atoms with van der Waals surface area (Å²) >= 11 is 0. The minimum absolute atomic E-state index is 0.675. The number of aromatic nitrogens is 1. The van der Waals surface area contributed by atoms with Crippen molar-refractivity contribution in [3.05, 3.63) is 48.3 Å². The molecule has 0 saturated carbocycles. The van der Waals surface area contributed by atoms with Crippen LogP contribution in [-0.4, -0.2) is 4.98 Å². The summed E-state index contributed by atoms with van der Waals surface area (Å²) in [4.78, 5) is 3.92. The van der Waals surface area contributed by atoms with Gasteiger partial charge in [-0.2, -0.15) is 0 Å². The lowest BCUT2D eigenvalue weighted by atomic mass is 10.2. The number of hydrogen-bond donors (Lipinski definition) is 1. The van der Waals surface area contributed by atoms with Gasteiger partial charge in [-0.1, -0.05) is 12.1 Å². The lowest BCUT2D eigenvalue weighted by Gasteiger charge is -2.09. The first kappa shape index (κ1) is 9.52. The average molecular weight is 200 g/mol. The van der Waals surface area contributed by atoms with Crippen molar-refractivity contribution in [2.45, 2.75) is 6.92 Å². The first-order valence-corrected chi connectivity index (χ1v) is 4.70. The molecule has 1 aromatic carbocycles. The fourth-order valence-electron chi connectivity index (χ4n) is 1.28. The molecular formula is C12H12N2O. The van der Waals surface area contributed by atoms with Gasteiger partial charge in [0.25, 0.3) is 0 Å². The summed E-state index contributed by atoms with van der Waals surface area (Å²) in [6, 6.07) is 9.31. The summed E-state index contributed by atoms with van der Waals surface area (Å²) in [7, 11) is 0. The number of nitrogen functional groups attached to an aromatic ring is 1. The third kappa shape index (κ3) is 2.07. The molecule has 0 unspecified atom stereocenters. The summed E-state index contributed by atoms with van der Waals surface area (Å²) in [5.41, 5.74) is 7.58. The SMILES string of the molecule is Cc1cccc(Oc2ccncc2)c1N. The van der Waals surface area contributed by atoms with E-state index in [9.17, 15) is 0 Å². The van der Waals surface area contributed by atoms with Gasteiger partial charge in [0, 0.05) is 12.4 Å². The molecule has 0 bridgehead atoms. The normalized spacial score (nSPS) is 9.93. The maximum Gasteiger partial charge on any atom is 0.150 e. The molecule has 0 aliphatic carbocycles. The van der Waals surface area contributed by atoms with E-state index in [-0.39, 0.29) is 0 Å². The Morgan fingerprint density at radius 3 is 2.60 bits per heavy atom. The van der Waals surface area contributed by atoms with Gasteiger partial charge in [-0.15, -0.1) is 0 Å². The van der Waals surface area contributed by atoms with Crippen LogP contribution in [0, 0.1) is 6.92 Å². The van der Waals surface area contributed by atoms with Crippen LogP contribution in [0.25, 0.3) is 0 Å². The van der Waals surface area contributed by atoms with E-state index < -0.39 is 0 Å². The minimum Gasteiger partial charge on any atom is -0.455 e. The number of anilines is 1. The number of para-hydroxylation sites is 1. The molecule has 3 heteroatoms. The van der Waals surface area contributed by atoms with Crippen LogP contribution in [0.2, 0.25) is 0 Å². The molecule has 0 fully saturated rings. The Morgan fingerprint density at radius 2 is 1.87 bits per heavy atom. The summed E-state index contributed by atoms with van der Waals surface area (Å²) in [6.45, 7) is 1.95. The molecule has 3 nitrogen and oxygen atoms in total. The zero-order chi connectivity index (χ0) is 10.7. The number of nitrogens with two attached hydrogens (primary N) is 1. The maximum absolute atomic E-state index is 5.89. The predicted molar refractivity (Wildman–Crippen MR) is 59.9 cm³/mol. The molecule has 76 valence electrons. The molecule has 2 aromatic rings. The Labute approximate surface area is 88.5 Å². The van der Waals surface area contributed by atoms with E-state index in [1.807, 2.05) is 25.1 Å². The predicted octanol–water partition coefficient (Wildman–Crippen LogP) is 2.76. The lowest BCUT2D eigenvalue weighted by Crippen LogP contribution is -1.94. The average Bonchev–Trinajstić information content (AvgIpc) is 2.26. The van der Waals surface area contributed by atoms with E-state index in [0.29, 0.717) is 11.4 Å². The number of benzene rings is 1. The fraction of sp³-hybridized carbons (Fsp3) is 0.0833. The molecular weight excluding hydrogens is 188 g/mol. The van der Waals surface area contributed by atoms with Crippen LogP contribution in [0.1, 0.15) is 5.56 Å². The first-order chi connectivity index (χ1) is 7.27. The molecule has 2 rings (SSSR count). The van der Waals surface area contributed by atoms with Crippen LogP contribution in [0.3, 0.4) is 0 Å². The van der Waals surface area contributed by atoms with Crippen molar-refractivity contribution in [3.63, 3.8) is 0 Å². The van der Waals surface area contributed by atoms with E-state index in [0.717, 1.165) is 11.3 Å². The highest BCUT2D eigenvalue weighted by Gasteiger charge is 2.03. The van der Waals surface area contributed by atoms with Gasteiger partial charge in [0.05, 0.1) is 5.69 Å². The molecule has 0 spiro atoms. The highest BCUT2D eigenvalue weighted by atomic mass is 16.5. The Bertz CT molecular complexity index is 454. The summed E-state index contributed by atoms with van der Waals surface area (Å²) in [5.74, 6) is 1.42. The quantitative estimate of drug-likeness (QED) is 0.758. The van der Waals surface area contributed by atoms with Crippen LogP contribution in [0.15, 0.2) is 42.7 Å². The number of hydrogen-bond acceptors (Lipinski definition) is 3. The number of pyridine rings is 1. The highest BCUT2D eigenvalue weighted by molar-refractivity contribution is 5.58. The zero-order valence-electron chi connectivity index (χ0n) is 8.47. The Hall–Kier alpha value is -2.03. The summed E-state index contributed by atoms with van der Waals surface area (Å²) in [6.07, 6.45) is 3.36. The van der Waals surface area contributed by atoms with Crippen LogP contribution < -0.4 is 10.5 Å². The van der Waals surface area contributed by atoms with Crippen molar-refractivity contribution in [2.75, 3.05) is 5.73 Å². The van der Waals surface area contributed by atoms with Crippen molar-refractivity contribution >= 4 is 5.69 Å². The first-order valence-electron chi connectivity index (χ1n) is 4.70. The second kappa shape index (κ2) is 4.00. The van der Waals surface area contributed by atoms with Crippen LogP contribution in [0.4, 0.5) is 5.69 Å². The Kier molecular flexibility index (Phi) is 2.54. The van der Waals surface area contributed by atoms with Crippen molar-refractivity contribution in [1.82, 2.24) is 4.98 Å². The second-order valence-electron chi connectivity index (χ2n) is 3.27. The third-order valence-electron chi connectivity index (χ3n) is 2.16. The molecule has 0 aliphatic heterocycles. The highest BCUT2D eigenvalue weighted by Crippen LogP contribution is 2.28. The zero-order valence-corrected chi connectivity index (χ0v) is 8.47. The van der Waals surface area contributed by atoms with Gasteiger partial charge >= 0.3 is 0 Å². The smallest absolute Gasteiger partial charge is 0.150 e. The third-order valence-corrected chi connectivity index (χ3v) is 2.16. The lowest BCUT2D eigenvalue weighted by molar-refractivity contribution is 0.484. The molecule has 0 amide bonds. The number of nitrogens with zero attached hydrogens (tertiary/aromatic N) is 1. The van der Waals surface area contributed by atoms with Crippen LogP contribution in [-0.2, 0) is 0 Å². The Balaban J connectivity index is 2.29.